The molecular weight excluding hydrogens is 244 g/mol. The maximum Gasteiger partial charge on any atom is 0.343 e. The Morgan fingerprint density at radius 1 is 1.42 bits per heavy atom. The van der Waals surface area contributed by atoms with Crippen LogP contribution in [0.4, 0.5) is 5.82 Å². The van der Waals surface area contributed by atoms with Crippen LogP contribution in [0.25, 0.3) is 0 Å². The lowest BCUT2D eigenvalue weighted by molar-refractivity contribution is 0.0601. The molecule has 2 heterocycles. The van der Waals surface area contributed by atoms with Gasteiger partial charge in [0.1, 0.15) is 17.7 Å². The highest BCUT2D eigenvalue weighted by Gasteiger charge is 2.13. The van der Waals surface area contributed by atoms with Gasteiger partial charge in [-0.2, -0.15) is 0 Å². The lowest BCUT2D eigenvalue weighted by Crippen LogP contribution is -2.11. The summed E-state index contributed by atoms with van der Waals surface area (Å²) in [5.74, 6) is -0.0345. The van der Waals surface area contributed by atoms with E-state index in [9.17, 15) is 4.79 Å². The molecule has 0 atom stereocenters. The first-order chi connectivity index (χ1) is 9.22. The van der Waals surface area contributed by atoms with Gasteiger partial charge in [-0.1, -0.05) is 6.07 Å². The molecule has 0 aliphatic heterocycles. The standard InChI is InChI=1S/C13H14N4O2/c1-9-4-3-5-15-11(9)7-16-12-10(13(18)19-2)6-14-8-17-12/h3-6,8H,7H2,1-2H3,(H,14,16,17). The summed E-state index contributed by atoms with van der Waals surface area (Å²) >= 11 is 0. The van der Waals surface area contributed by atoms with E-state index in [0.29, 0.717) is 17.9 Å². The van der Waals surface area contributed by atoms with Crippen molar-refractivity contribution in [3.8, 4) is 0 Å². The molecule has 0 aliphatic carbocycles. The first kappa shape index (κ1) is 12.9. The van der Waals surface area contributed by atoms with Crippen molar-refractivity contribution in [2.75, 3.05) is 12.4 Å². The molecule has 19 heavy (non-hydrogen) atoms. The monoisotopic (exact) mass is 258 g/mol. The lowest BCUT2D eigenvalue weighted by atomic mass is 10.2. The van der Waals surface area contributed by atoms with Gasteiger partial charge in [-0.05, 0) is 18.6 Å². The van der Waals surface area contributed by atoms with Crippen LogP contribution in [0, 0.1) is 6.92 Å². The van der Waals surface area contributed by atoms with Gasteiger partial charge in [-0.15, -0.1) is 0 Å². The van der Waals surface area contributed by atoms with Crippen LogP contribution in [0.3, 0.4) is 0 Å². The van der Waals surface area contributed by atoms with Crippen molar-refractivity contribution >= 4 is 11.8 Å². The third-order valence-electron chi connectivity index (χ3n) is 2.66. The molecule has 0 aromatic carbocycles. The van der Waals surface area contributed by atoms with Gasteiger partial charge in [-0.25, -0.2) is 14.8 Å². The molecule has 0 spiro atoms. The van der Waals surface area contributed by atoms with Gasteiger partial charge in [0.15, 0.2) is 0 Å². The van der Waals surface area contributed by atoms with Crippen molar-refractivity contribution in [3.05, 3.63) is 47.7 Å². The van der Waals surface area contributed by atoms with E-state index in [1.807, 2.05) is 19.1 Å². The first-order valence-corrected chi connectivity index (χ1v) is 5.75. The van der Waals surface area contributed by atoms with Gasteiger partial charge in [-0.3, -0.25) is 4.98 Å². The predicted molar refractivity (Wildman–Crippen MR) is 69.7 cm³/mol. The second-order valence-electron chi connectivity index (χ2n) is 3.90. The number of esters is 1. The van der Waals surface area contributed by atoms with Crippen molar-refractivity contribution in [2.45, 2.75) is 13.5 Å². The van der Waals surface area contributed by atoms with Crippen molar-refractivity contribution in [1.29, 1.82) is 0 Å². The zero-order chi connectivity index (χ0) is 13.7. The summed E-state index contributed by atoms with van der Waals surface area (Å²) in [7, 11) is 1.32. The van der Waals surface area contributed by atoms with Gasteiger partial charge in [0.05, 0.1) is 19.3 Å². The maximum atomic E-state index is 11.6. The predicted octanol–water partition coefficient (Wildman–Crippen LogP) is 1.58. The molecule has 2 rings (SSSR count). The van der Waals surface area contributed by atoms with E-state index in [0.717, 1.165) is 11.3 Å². The van der Waals surface area contributed by atoms with Gasteiger partial charge >= 0.3 is 5.97 Å². The molecule has 0 fully saturated rings. The van der Waals surface area contributed by atoms with E-state index in [-0.39, 0.29) is 0 Å². The molecule has 98 valence electrons. The van der Waals surface area contributed by atoms with E-state index >= 15 is 0 Å². The Bertz CT molecular complexity index is 586. The Morgan fingerprint density at radius 3 is 3.00 bits per heavy atom. The summed E-state index contributed by atoms with van der Waals surface area (Å²) in [6.45, 7) is 2.46. The smallest absolute Gasteiger partial charge is 0.343 e. The van der Waals surface area contributed by atoms with Crippen LogP contribution in [0.15, 0.2) is 30.9 Å². The van der Waals surface area contributed by atoms with Crippen molar-refractivity contribution in [3.63, 3.8) is 0 Å². The number of ether oxygens (including phenoxy) is 1. The number of aromatic nitrogens is 3. The average molecular weight is 258 g/mol. The van der Waals surface area contributed by atoms with E-state index in [1.54, 1.807) is 6.20 Å². The number of aryl methyl sites for hydroxylation is 1. The Morgan fingerprint density at radius 2 is 2.26 bits per heavy atom. The SMILES string of the molecule is COC(=O)c1cncnc1NCc1ncccc1C. The Labute approximate surface area is 110 Å². The molecule has 0 radical (unpaired) electrons. The van der Waals surface area contributed by atoms with Crippen LogP contribution in [0.2, 0.25) is 0 Å². The molecule has 0 unspecified atom stereocenters. The van der Waals surface area contributed by atoms with Crippen molar-refractivity contribution in [1.82, 2.24) is 15.0 Å². The minimum absolute atomic E-state index is 0.304. The fraction of sp³-hybridized carbons (Fsp3) is 0.231. The number of nitrogens with one attached hydrogen (secondary N) is 1. The summed E-state index contributed by atoms with van der Waals surface area (Å²) in [5, 5.41) is 3.07. The zero-order valence-corrected chi connectivity index (χ0v) is 10.8. The van der Waals surface area contributed by atoms with Crippen LogP contribution in [0.5, 0.6) is 0 Å². The van der Waals surface area contributed by atoms with Crippen LogP contribution >= 0.6 is 0 Å². The number of methoxy groups -OCH3 is 1. The summed E-state index contributed by atoms with van der Waals surface area (Å²) < 4.78 is 4.68. The average Bonchev–Trinajstić information content (AvgIpc) is 2.46. The molecule has 6 nitrogen and oxygen atoms in total. The molecule has 6 heteroatoms. The summed E-state index contributed by atoms with van der Waals surface area (Å²) in [5.41, 5.74) is 2.28. The Hall–Kier alpha value is -2.50. The number of hydrogen-bond acceptors (Lipinski definition) is 6. The highest BCUT2D eigenvalue weighted by molar-refractivity contribution is 5.94. The number of rotatable bonds is 4. The van der Waals surface area contributed by atoms with E-state index in [2.05, 4.69) is 25.0 Å². The first-order valence-electron chi connectivity index (χ1n) is 5.75. The number of nitrogens with zero attached hydrogens (tertiary/aromatic N) is 3. The summed E-state index contributed by atoms with van der Waals surface area (Å²) in [6, 6.07) is 3.86. The van der Waals surface area contributed by atoms with Crippen molar-refractivity contribution < 1.29 is 9.53 Å². The Balaban J connectivity index is 2.16. The topological polar surface area (TPSA) is 77.0 Å². The number of carbonyl (C=O) groups excluding carboxylic acids is 1. The van der Waals surface area contributed by atoms with Crippen LogP contribution in [-0.4, -0.2) is 28.0 Å². The van der Waals surface area contributed by atoms with Gasteiger partial charge in [0, 0.05) is 12.4 Å². The fourth-order valence-electron chi connectivity index (χ4n) is 1.60. The van der Waals surface area contributed by atoms with Crippen LogP contribution in [0.1, 0.15) is 21.6 Å². The maximum absolute atomic E-state index is 11.6. The van der Waals surface area contributed by atoms with E-state index in [4.69, 9.17) is 0 Å². The quantitative estimate of drug-likeness (QED) is 0.839. The molecule has 0 bridgehead atoms. The Kier molecular flexibility index (Phi) is 4.02. The van der Waals surface area contributed by atoms with Gasteiger partial charge < -0.3 is 10.1 Å². The number of pyridine rings is 1. The van der Waals surface area contributed by atoms with Crippen molar-refractivity contribution in [2.24, 2.45) is 0 Å². The summed E-state index contributed by atoms with van der Waals surface area (Å²) in [4.78, 5) is 23.7. The minimum Gasteiger partial charge on any atom is -0.465 e. The number of anilines is 1. The largest absolute Gasteiger partial charge is 0.465 e. The second-order valence-corrected chi connectivity index (χ2v) is 3.90. The normalized spacial score (nSPS) is 10.0. The molecule has 1 N–H and O–H groups in total. The highest BCUT2D eigenvalue weighted by Crippen LogP contribution is 2.13. The van der Waals surface area contributed by atoms with E-state index in [1.165, 1.54) is 19.6 Å². The molecule has 0 amide bonds. The summed E-state index contributed by atoms with van der Waals surface area (Å²) in [6.07, 6.45) is 4.53. The molecule has 0 saturated carbocycles. The minimum atomic E-state index is -0.471. The molecule has 0 saturated heterocycles. The fourth-order valence-corrected chi connectivity index (χ4v) is 1.60. The van der Waals surface area contributed by atoms with Gasteiger partial charge in [0.25, 0.3) is 0 Å². The molecular formula is C13H14N4O2. The third kappa shape index (κ3) is 3.04. The molecule has 2 aromatic rings. The third-order valence-corrected chi connectivity index (χ3v) is 2.66. The van der Waals surface area contributed by atoms with Gasteiger partial charge in [0.2, 0.25) is 0 Å². The van der Waals surface area contributed by atoms with Crippen LogP contribution < -0.4 is 5.32 Å². The lowest BCUT2D eigenvalue weighted by Gasteiger charge is -2.09. The zero-order valence-electron chi connectivity index (χ0n) is 10.8. The molecule has 0 aliphatic rings. The molecule has 2 aromatic heterocycles. The van der Waals surface area contributed by atoms with E-state index < -0.39 is 5.97 Å². The highest BCUT2D eigenvalue weighted by atomic mass is 16.5. The number of hydrogen-bond donors (Lipinski definition) is 1. The number of carbonyl (C=O) groups is 1. The second kappa shape index (κ2) is 5.90. The van der Waals surface area contributed by atoms with Crippen LogP contribution in [-0.2, 0) is 11.3 Å².